The summed E-state index contributed by atoms with van der Waals surface area (Å²) in [5, 5.41) is 0.528. The largest absolute Gasteiger partial charge is 0.483 e. The van der Waals surface area contributed by atoms with Gasteiger partial charge in [0, 0.05) is 10.6 Å². The first-order chi connectivity index (χ1) is 11.0. The molecule has 0 saturated carbocycles. The lowest BCUT2D eigenvalue weighted by molar-refractivity contribution is -0.123. The lowest BCUT2D eigenvalue weighted by Gasteiger charge is -2.10. The van der Waals surface area contributed by atoms with Gasteiger partial charge in [0.25, 0.3) is 11.8 Å². The molecule has 2 aromatic carbocycles. The average molecular weight is 402 g/mol. The lowest BCUT2D eigenvalue weighted by atomic mass is 10.2. The highest BCUT2D eigenvalue weighted by Gasteiger charge is 2.09. The lowest BCUT2D eigenvalue weighted by Crippen LogP contribution is -2.43. The minimum Gasteiger partial charge on any atom is -0.483 e. The minimum absolute atomic E-state index is 0.216. The maximum atomic E-state index is 12.8. The second-order valence-corrected chi connectivity index (χ2v) is 5.66. The fraction of sp³-hybridized carbons (Fsp3) is 0.0667. The van der Waals surface area contributed by atoms with Crippen LogP contribution in [0.1, 0.15) is 10.4 Å². The van der Waals surface area contributed by atoms with Gasteiger partial charge in [-0.15, -0.1) is 0 Å². The van der Waals surface area contributed by atoms with Crippen molar-refractivity contribution in [1.29, 1.82) is 0 Å². The third-order valence-electron chi connectivity index (χ3n) is 2.67. The molecule has 0 aliphatic carbocycles. The molecule has 0 saturated heterocycles. The van der Waals surface area contributed by atoms with Gasteiger partial charge in [-0.3, -0.25) is 20.4 Å². The molecule has 0 bridgehead atoms. The minimum atomic E-state index is -0.564. The summed E-state index contributed by atoms with van der Waals surface area (Å²) in [7, 11) is 0. The van der Waals surface area contributed by atoms with E-state index in [0.717, 1.165) is 12.1 Å². The van der Waals surface area contributed by atoms with Crippen molar-refractivity contribution in [1.82, 2.24) is 10.9 Å². The van der Waals surface area contributed by atoms with Crippen molar-refractivity contribution in [3.8, 4) is 5.75 Å². The van der Waals surface area contributed by atoms with Crippen LogP contribution in [0.4, 0.5) is 4.39 Å². The summed E-state index contributed by atoms with van der Waals surface area (Å²) in [5.74, 6) is -1.13. The second kappa shape index (κ2) is 7.94. The average Bonchev–Trinajstić information content (AvgIpc) is 2.52. The van der Waals surface area contributed by atoms with Gasteiger partial charge in [0.05, 0.1) is 4.47 Å². The molecular weight excluding hydrogens is 391 g/mol. The van der Waals surface area contributed by atoms with Gasteiger partial charge in [0.15, 0.2) is 6.61 Å². The normalized spacial score (nSPS) is 10.0. The van der Waals surface area contributed by atoms with Crippen LogP contribution in [-0.2, 0) is 4.79 Å². The van der Waals surface area contributed by atoms with E-state index in [2.05, 4.69) is 26.8 Å². The molecular formula is C15H11BrClFN2O3. The Morgan fingerprint density at radius 1 is 1.13 bits per heavy atom. The van der Waals surface area contributed by atoms with E-state index in [-0.39, 0.29) is 12.2 Å². The van der Waals surface area contributed by atoms with Gasteiger partial charge in [-0.2, -0.15) is 0 Å². The summed E-state index contributed by atoms with van der Waals surface area (Å²) < 4.78 is 18.6. The maximum absolute atomic E-state index is 12.8. The fourth-order valence-corrected chi connectivity index (χ4v) is 2.37. The monoisotopic (exact) mass is 400 g/mol. The fourth-order valence-electron chi connectivity index (χ4n) is 1.57. The van der Waals surface area contributed by atoms with E-state index in [4.69, 9.17) is 16.3 Å². The van der Waals surface area contributed by atoms with Crippen molar-refractivity contribution in [2.45, 2.75) is 0 Å². The van der Waals surface area contributed by atoms with Crippen LogP contribution in [-0.4, -0.2) is 18.4 Å². The van der Waals surface area contributed by atoms with Gasteiger partial charge in [0.1, 0.15) is 11.6 Å². The molecule has 0 unspecified atom stereocenters. The van der Waals surface area contributed by atoms with Gasteiger partial charge in [-0.25, -0.2) is 4.39 Å². The summed E-state index contributed by atoms with van der Waals surface area (Å²) in [6, 6.07) is 9.77. The summed E-state index contributed by atoms with van der Waals surface area (Å²) in [4.78, 5) is 23.3. The highest BCUT2D eigenvalue weighted by molar-refractivity contribution is 9.10. The van der Waals surface area contributed by atoms with Crippen molar-refractivity contribution >= 4 is 39.3 Å². The number of amides is 2. The Morgan fingerprint density at radius 2 is 1.83 bits per heavy atom. The molecule has 2 amide bonds. The zero-order valence-electron chi connectivity index (χ0n) is 11.6. The number of hydrogen-bond acceptors (Lipinski definition) is 3. The number of halogens is 3. The second-order valence-electron chi connectivity index (χ2n) is 4.37. The van der Waals surface area contributed by atoms with Crippen molar-refractivity contribution in [2.75, 3.05) is 6.61 Å². The molecule has 2 N–H and O–H groups in total. The highest BCUT2D eigenvalue weighted by atomic mass is 79.9. The van der Waals surface area contributed by atoms with E-state index < -0.39 is 17.6 Å². The van der Waals surface area contributed by atoms with Gasteiger partial charge in [0.2, 0.25) is 0 Å². The molecule has 0 heterocycles. The molecule has 0 spiro atoms. The number of hydrogen-bond donors (Lipinski definition) is 2. The van der Waals surface area contributed by atoms with Crippen LogP contribution in [0.2, 0.25) is 5.02 Å². The van der Waals surface area contributed by atoms with E-state index >= 15 is 0 Å². The Balaban J connectivity index is 1.81. The van der Waals surface area contributed by atoms with Gasteiger partial charge in [-0.1, -0.05) is 11.6 Å². The van der Waals surface area contributed by atoms with Crippen LogP contribution in [0.25, 0.3) is 0 Å². The van der Waals surface area contributed by atoms with Crippen LogP contribution in [0.5, 0.6) is 5.75 Å². The quantitative estimate of drug-likeness (QED) is 0.774. The number of hydrazine groups is 1. The zero-order chi connectivity index (χ0) is 16.8. The van der Waals surface area contributed by atoms with Gasteiger partial charge < -0.3 is 4.74 Å². The molecule has 2 rings (SSSR count). The first-order valence-electron chi connectivity index (χ1n) is 6.38. The zero-order valence-corrected chi connectivity index (χ0v) is 13.9. The number of ether oxygens (including phenoxy) is 1. The molecule has 8 heteroatoms. The topological polar surface area (TPSA) is 67.4 Å². The number of rotatable bonds is 4. The van der Waals surface area contributed by atoms with E-state index in [0.29, 0.717) is 15.2 Å². The molecule has 5 nitrogen and oxygen atoms in total. The highest BCUT2D eigenvalue weighted by Crippen LogP contribution is 2.27. The molecule has 0 radical (unpaired) electrons. The predicted molar refractivity (Wildman–Crippen MR) is 86.7 cm³/mol. The van der Waals surface area contributed by atoms with Crippen molar-refractivity contribution in [3.63, 3.8) is 0 Å². The third kappa shape index (κ3) is 5.22. The Kier molecular flexibility index (Phi) is 5.95. The Labute approximate surface area is 144 Å². The Bertz CT molecular complexity index is 725. The summed E-state index contributed by atoms with van der Waals surface area (Å²) in [6.07, 6.45) is 0. The van der Waals surface area contributed by atoms with Crippen molar-refractivity contribution < 1.29 is 18.7 Å². The van der Waals surface area contributed by atoms with Gasteiger partial charge in [-0.05, 0) is 58.4 Å². The van der Waals surface area contributed by atoms with Crippen LogP contribution in [0.15, 0.2) is 46.9 Å². The van der Waals surface area contributed by atoms with Crippen LogP contribution < -0.4 is 15.6 Å². The molecule has 0 aliphatic heterocycles. The number of carbonyl (C=O) groups excluding carboxylic acids is 2. The first-order valence-corrected chi connectivity index (χ1v) is 7.55. The maximum Gasteiger partial charge on any atom is 0.276 e. The van der Waals surface area contributed by atoms with Crippen LogP contribution >= 0.6 is 27.5 Å². The van der Waals surface area contributed by atoms with Crippen LogP contribution in [0.3, 0.4) is 0 Å². The molecule has 0 aliphatic rings. The molecule has 120 valence electrons. The first kappa shape index (κ1) is 17.2. The van der Waals surface area contributed by atoms with E-state index in [9.17, 15) is 14.0 Å². The Morgan fingerprint density at radius 3 is 2.48 bits per heavy atom. The number of benzene rings is 2. The standard InChI is InChI=1S/C15H11BrClFN2O3/c16-12-7-10(17)3-6-13(12)23-8-14(21)19-20-15(22)9-1-4-11(18)5-2-9/h1-7H,8H2,(H,19,21)(H,20,22). The van der Waals surface area contributed by atoms with Crippen LogP contribution in [0, 0.1) is 5.82 Å². The van der Waals surface area contributed by atoms with Gasteiger partial charge >= 0.3 is 0 Å². The predicted octanol–water partition coefficient (Wildman–Crippen LogP) is 3.08. The summed E-state index contributed by atoms with van der Waals surface area (Å²) in [5.41, 5.74) is 4.62. The van der Waals surface area contributed by atoms with E-state index in [1.165, 1.54) is 12.1 Å². The molecule has 0 aromatic heterocycles. The summed E-state index contributed by atoms with van der Waals surface area (Å²) >= 11 is 9.05. The van der Waals surface area contributed by atoms with E-state index in [1.54, 1.807) is 18.2 Å². The van der Waals surface area contributed by atoms with Crippen molar-refractivity contribution in [2.24, 2.45) is 0 Å². The molecule has 0 fully saturated rings. The van der Waals surface area contributed by atoms with Crippen molar-refractivity contribution in [3.05, 3.63) is 63.3 Å². The number of nitrogens with one attached hydrogen (secondary N) is 2. The Hall–Kier alpha value is -2.12. The summed E-state index contributed by atoms with van der Waals surface area (Å²) in [6.45, 7) is -0.302. The smallest absolute Gasteiger partial charge is 0.276 e. The SMILES string of the molecule is O=C(COc1ccc(Cl)cc1Br)NNC(=O)c1ccc(F)cc1. The van der Waals surface area contributed by atoms with E-state index in [1.807, 2.05) is 0 Å². The third-order valence-corrected chi connectivity index (χ3v) is 3.53. The molecule has 0 atom stereocenters. The molecule has 2 aromatic rings. The number of carbonyl (C=O) groups is 2. The molecule has 23 heavy (non-hydrogen) atoms.